The number of aryl methyl sites for hydroxylation is 1. The van der Waals surface area contributed by atoms with Crippen LogP contribution in [0.15, 0.2) is 30.5 Å². The number of carbonyl (C=O) groups is 1. The van der Waals surface area contributed by atoms with Crippen LogP contribution in [0.1, 0.15) is 85.3 Å². The Morgan fingerprint density at radius 3 is 2.27 bits per heavy atom. The minimum atomic E-state index is -3.60. The van der Waals surface area contributed by atoms with Gasteiger partial charge in [0.1, 0.15) is 12.4 Å². The molecule has 15 nitrogen and oxygen atoms in total. The monoisotopic (exact) mass is 912 g/mol. The molecule has 3 aromatic rings. The predicted molar refractivity (Wildman–Crippen MR) is 249 cm³/mol. The molecule has 0 amide bonds. The normalized spacial score (nSPS) is 20.5. The summed E-state index contributed by atoms with van der Waals surface area (Å²) in [5, 5.41) is 9.22. The SMILES string of the molecule is C#CCOCCOCCOCCOCCN1CCN(CCCCN[C@H]2CCN(c3nc4cc(C5CCCCCC[C@@H]5C(=O)c5cc(Cl)ccc5NS(C)(=O)=O)nn4cc3C)C2)CC1. The molecule has 1 aliphatic carbocycles. The van der Waals surface area contributed by atoms with E-state index in [9.17, 15) is 13.2 Å². The number of piperazine rings is 1. The molecule has 2 N–H and O–H groups in total. The van der Waals surface area contributed by atoms with E-state index in [1.165, 1.54) is 6.42 Å². The smallest absolute Gasteiger partial charge is 0.229 e. The van der Waals surface area contributed by atoms with E-state index in [1.807, 2.05) is 10.6 Å². The number of terminal acetylenes is 1. The Morgan fingerprint density at radius 2 is 1.56 bits per heavy atom. The van der Waals surface area contributed by atoms with Gasteiger partial charge in [-0.05, 0) is 70.3 Å². The van der Waals surface area contributed by atoms with Crippen LogP contribution in [-0.4, -0.2) is 163 Å². The Bertz CT molecular complexity index is 2040. The number of anilines is 2. The van der Waals surface area contributed by atoms with E-state index in [0.717, 1.165) is 139 Å². The number of nitrogens with one attached hydrogen (secondary N) is 2. The summed E-state index contributed by atoms with van der Waals surface area (Å²) in [4.78, 5) is 27.0. The van der Waals surface area contributed by atoms with Crippen molar-refractivity contribution in [2.45, 2.75) is 76.7 Å². The van der Waals surface area contributed by atoms with Gasteiger partial charge in [-0.1, -0.05) is 43.2 Å². The molecule has 2 aliphatic heterocycles. The molecule has 2 saturated heterocycles. The Kier molecular flexibility index (Phi) is 19.8. The molecule has 1 saturated carbocycles. The Balaban J connectivity index is 0.899. The van der Waals surface area contributed by atoms with Gasteiger partial charge >= 0.3 is 0 Å². The van der Waals surface area contributed by atoms with Gasteiger partial charge in [0.2, 0.25) is 10.0 Å². The van der Waals surface area contributed by atoms with Gasteiger partial charge in [-0.15, -0.1) is 6.42 Å². The molecule has 17 heteroatoms. The minimum absolute atomic E-state index is 0.109. The number of rotatable bonds is 25. The second kappa shape index (κ2) is 25.4. The van der Waals surface area contributed by atoms with Gasteiger partial charge in [0, 0.05) is 92.1 Å². The van der Waals surface area contributed by atoms with Gasteiger partial charge in [-0.3, -0.25) is 14.4 Å². The zero-order valence-corrected chi connectivity index (χ0v) is 39.0. The van der Waals surface area contributed by atoms with E-state index in [2.05, 4.69) is 43.8 Å². The number of nitrogens with zero attached hydrogens (tertiary/aromatic N) is 6. The summed E-state index contributed by atoms with van der Waals surface area (Å²) >= 11 is 6.36. The Labute approximate surface area is 379 Å². The third-order valence-corrected chi connectivity index (χ3v) is 13.1. The van der Waals surface area contributed by atoms with Crippen molar-refractivity contribution in [2.24, 2.45) is 5.92 Å². The second-order valence-corrected chi connectivity index (χ2v) is 19.3. The van der Waals surface area contributed by atoms with Crippen molar-refractivity contribution in [2.75, 3.05) is 128 Å². The molecule has 1 unspecified atom stereocenters. The van der Waals surface area contributed by atoms with Gasteiger partial charge in [0.05, 0.1) is 63.9 Å². The molecular formula is C46H69ClN8O7S. The molecule has 3 aliphatic rings. The van der Waals surface area contributed by atoms with Crippen LogP contribution in [0, 0.1) is 25.2 Å². The van der Waals surface area contributed by atoms with Crippen molar-refractivity contribution in [3.05, 3.63) is 52.3 Å². The number of carbonyl (C=O) groups excluding carboxylic acids is 1. The number of benzene rings is 1. The molecule has 2 aromatic heterocycles. The van der Waals surface area contributed by atoms with E-state index in [0.29, 0.717) is 69.3 Å². The lowest BCUT2D eigenvalue weighted by atomic mass is 9.76. The van der Waals surface area contributed by atoms with E-state index in [-0.39, 0.29) is 23.3 Å². The third-order valence-electron chi connectivity index (χ3n) is 12.3. The number of halogens is 1. The molecule has 0 bridgehead atoms. The fraction of sp³-hybridized carbons (Fsp3) is 0.674. The summed E-state index contributed by atoms with van der Waals surface area (Å²) in [6.45, 7) is 15.7. The highest BCUT2D eigenvalue weighted by Gasteiger charge is 2.34. The molecule has 63 heavy (non-hydrogen) atoms. The van der Waals surface area contributed by atoms with Crippen molar-refractivity contribution < 1.29 is 32.2 Å². The number of sulfonamides is 1. The third kappa shape index (κ3) is 15.6. The topological polar surface area (TPSA) is 152 Å². The summed E-state index contributed by atoms with van der Waals surface area (Å²) in [6.07, 6.45) is 17.3. The van der Waals surface area contributed by atoms with Crippen LogP contribution in [0.5, 0.6) is 0 Å². The number of unbranched alkanes of at least 4 members (excludes halogenated alkanes) is 1. The first-order valence-corrected chi connectivity index (χ1v) is 25.2. The molecule has 0 radical (unpaired) electrons. The van der Waals surface area contributed by atoms with Gasteiger partial charge < -0.3 is 34.1 Å². The van der Waals surface area contributed by atoms with Crippen molar-refractivity contribution in [3.8, 4) is 12.3 Å². The molecule has 1 aromatic carbocycles. The van der Waals surface area contributed by atoms with E-state index in [1.54, 1.807) is 18.2 Å². The molecule has 348 valence electrons. The molecule has 3 fully saturated rings. The number of ketones is 1. The number of fused-ring (bicyclic) bond motifs is 1. The number of Topliss-reactive ketones (excluding diaryl/α,β-unsaturated/α-hetero) is 1. The molecule has 0 spiro atoms. The molecule has 4 heterocycles. The highest BCUT2D eigenvalue weighted by Crippen LogP contribution is 2.39. The van der Waals surface area contributed by atoms with Crippen LogP contribution in [0.4, 0.5) is 11.5 Å². The Hall–Kier alpha value is -3.37. The highest BCUT2D eigenvalue weighted by molar-refractivity contribution is 7.92. The molecule has 6 rings (SSSR count). The van der Waals surface area contributed by atoms with E-state index < -0.39 is 10.0 Å². The lowest BCUT2D eigenvalue weighted by Gasteiger charge is -2.34. The van der Waals surface area contributed by atoms with Gasteiger partial charge in [0.15, 0.2) is 11.4 Å². The summed E-state index contributed by atoms with van der Waals surface area (Å²) in [5.41, 5.74) is 3.23. The van der Waals surface area contributed by atoms with Crippen LogP contribution < -0.4 is 14.9 Å². The molecule has 3 atom stereocenters. The van der Waals surface area contributed by atoms with Crippen LogP contribution >= 0.6 is 11.6 Å². The predicted octanol–water partition coefficient (Wildman–Crippen LogP) is 5.27. The zero-order valence-electron chi connectivity index (χ0n) is 37.4. The fourth-order valence-corrected chi connectivity index (χ4v) is 9.74. The van der Waals surface area contributed by atoms with Crippen LogP contribution in [0.2, 0.25) is 5.02 Å². The lowest BCUT2D eigenvalue weighted by molar-refractivity contribution is -0.00258. The average molecular weight is 914 g/mol. The standard InChI is InChI=1S/C46H69ClN8O7S/c1-4-24-59-26-28-61-30-31-62-29-27-60-25-23-53-21-19-52(20-22-53)17-10-9-16-48-38-15-18-54(35-38)46-36(2)34-55-44(49-46)33-43(50-55)39-11-7-5-6-8-12-40(39)45(56)41-32-37(47)13-14-42(41)51-63(3,57)58/h1,13-14,32-34,38-40,48,51H,5-12,15-31,35H2,2-3H3/t38-,39?,40-/m0/s1. The first kappa shape index (κ1) is 49.1. The maximum absolute atomic E-state index is 14.4. The summed E-state index contributed by atoms with van der Waals surface area (Å²) in [5.74, 6) is 2.80. The average Bonchev–Trinajstić information content (AvgIpc) is 3.89. The second-order valence-electron chi connectivity index (χ2n) is 17.1. The Morgan fingerprint density at radius 1 is 0.873 bits per heavy atom. The summed E-state index contributed by atoms with van der Waals surface area (Å²) < 4.78 is 50.7. The highest BCUT2D eigenvalue weighted by atomic mass is 35.5. The summed E-state index contributed by atoms with van der Waals surface area (Å²) in [6, 6.07) is 7.21. The zero-order chi connectivity index (χ0) is 44.4. The summed E-state index contributed by atoms with van der Waals surface area (Å²) in [7, 11) is -3.60. The number of hydrogen-bond donors (Lipinski definition) is 2. The van der Waals surface area contributed by atoms with Crippen LogP contribution in [0.25, 0.3) is 5.65 Å². The van der Waals surface area contributed by atoms with Crippen molar-refractivity contribution in [3.63, 3.8) is 0 Å². The minimum Gasteiger partial charge on any atom is -0.378 e. The van der Waals surface area contributed by atoms with Crippen LogP contribution in [0.3, 0.4) is 0 Å². The van der Waals surface area contributed by atoms with Crippen molar-refractivity contribution in [1.29, 1.82) is 0 Å². The van der Waals surface area contributed by atoms with Crippen molar-refractivity contribution >= 4 is 44.6 Å². The van der Waals surface area contributed by atoms with Gasteiger partial charge in [-0.25, -0.2) is 17.9 Å². The fourth-order valence-electron chi connectivity index (χ4n) is 8.99. The first-order chi connectivity index (χ1) is 30.6. The van der Waals surface area contributed by atoms with Gasteiger partial charge in [0.25, 0.3) is 0 Å². The van der Waals surface area contributed by atoms with Crippen LogP contribution in [-0.2, 0) is 29.0 Å². The maximum atomic E-state index is 14.4. The largest absolute Gasteiger partial charge is 0.378 e. The maximum Gasteiger partial charge on any atom is 0.229 e. The number of aromatic nitrogens is 3. The quantitative estimate of drug-likeness (QED) is 0.0647. The first-order valence-electron chi connectivity index (χ1n) is 22.9. The molecular weight excluding hydrogens is 844 g/mol. The van der Waals surface area contributed by atoms with E-state index in [4.69, 9.17) is 47.1 Å². The lowest BCUT2D eigenvalue weighted by Crippen LogP contribution is -2.47. The number of ether oxygens (including phenoxy) is 4. The van der Waals surface area contributed by atoms with Crippen molar-refractivity contribution in [1.82, 2.24) is 29.7 Å². The van der Waals surface area contributed by atoms with E-state index >= 15 is 0 Å². The number of hydrogen-bond acceptors (Lipinski definition) is 13. The van der Waals surface area contributed by atoms with Gasteiger partial charge in [-0.2, -0.15) is 5.10 Å².